The van der Waals surface area contributed by atoms with E-state index in [0.717, 1.165) is 16.9 Å². The molecule has 0 aliphatic rings. The van der Waals surface area contributed by atoms with Gasteiger partial charge in [0.1, 0.15) is 17.3 Å². The molecule has 0 amide bonds. The van der Waals surface area contributed by atoms with E-state index in [0.29, 0.717) is 17.6 Å². The standard InChI is InChI=1S/C14H18N6/c1-9-6-7-13(20(4)5)12(8-9)18-19-14-16-10(2)15-11(3)17-14/h6-8H,1-5H3. The highest BCUT2D eigenvalue weighted by atomic mass is 15.2. The summed E-state index contributed by atoms with van der Waals surface area (Å²) in [5, 5.41) is 8.39. The van der Waals surface area contributed by atoms with Crippen LogP contribution in [-0.4, -0.2) is 29.0 Å². The fourth-order valence-electron chi connectivity index (χ4n) is 1.83. The summed E-state index contributed by atoms with van der Waals surface area (Å²) in [5.74, 6) is 1.62. The van der Waals surface area contributed by atoms with Crippen molar-refractivity contribution < 1.29 is 0 Å². The lowest BCUT2D eigenvalue weighted by Crippen LogP contribution is -2.08. The fourth-order valence-corrected chi connectivity index (χ4v) is 1.83. The van der Waals surface area contributed by atoms with Crippen LogP contribution < -0.4 is 4.90 Å². The number of hydrogen-bond acceptors (Lipinski definition) is 6. The van der Waals surface area contributed by atoms with Gasteiger partial charge in [-0.05, 0) is 38.5 Å². The SMILES string of the molecule is Cc1ccc(N(C)C)c(N=Nc2nc(C)nc(C)n2)c1. The molecule has 0 radical (unpaired) electrons. The van der Waals surface area contributed by atoms with Crippen LogP contribution in [0, 0.1) is 20.8 Å². The number of nitrogens with zero attached hydrogens (tertiary/aromatic N) is 6. The molecule has 1 aromatic carbocycles. The summed E-state index contributed by atoms with van der Waals surface area (Å²) >= 11 is 0. The van der Waals surface area contributed by atoms with Gasteiger partial charge < -0.3 is 4.90 Å². The number of aryl methyl sites for hydroxylation is 3. The maximum absolute atomic E-state index is 4.27. The molecule has 0 unspecified atom stereocenters. The third-order valence-electron chi connectivity index (χ3n) is 2.71. The lowest BCUT2D eigenvalue weighted by Gasteiger charge is -2.14. The molecule has 20 heavy (non-hydrogen) atoms. The first kappa shape index (κ1) is 14.0. The number of aromatic nitrogens is 3. The second-order valence-electron chi connectivity index (χ2n) is 4.82. The highest BCUT2D eigenvalue weighted by molar-refractivity contribution is 5.67. The highest BCUT2D eigenvalue weighted by Gasteiger charge is 2.05. The number of rotatable bonds is 3. The van der Waals surface area contributed by atoms with E-state index in [9.17, 15) is 0 Å². The normalized spacial score (nSPS) is 11.1. The summed E-state index contributed by atoms with van der Waals surface area (Å²) in [6, 6.07) is 6.05. The first-order valence-corrected chi connectivity index (χ1v) is 6.34. The van der Waals surface area contributed by atoms with Crippen molar-refractivity contribution in [2.75, 3.05) is 19.0 Å². The van der Waals surface area contributed by atoms with Crippen molar-refractivity contribution >= 4 is 17.3 Å². The van der Waals surface area contributed by atoms with Gasteiger partial charge in [0.25, 0.3) is 5.95 Å². The molecule has 6 heteroatoms. The van der Waals surface area contributed by atoms with E-state index in [1.807, 2.05) is 58.0 Å². The fraction of sp³-hybridized carbons (Fsp3) is 0.357. The zero-order valence-corrected chi connectivity index (χ0v) is 12.4. The third kappa shape index (κ3) is 3.34. The van der Waals surface area contributed by atoms with Gasteiger partial charge in [0.15, 0.2) is 0 Å². The Bertz CT molecular complexity index is 628. The van der Waals surface area contributed by atoms with Gasteiger partial charge in [-0.15, -0.1) is 10.2 Å². The van der Waals surface area contributed by atoms with Crippen LogP contribution in [0.15, 0.2) is 28.4 Å². The summed E-state index contributed by atoms with van der Waals surface area (Å²) in [4.78, 5) is 14.4. The average molecular weight is 270 g/mol. The van der Waals surface area contributed by atoms with Crippen LogP contribution in [0.4, 0.5) is 17.3 Å². The van der Waals surface area contributed by atoms with Gasteiger partial charge in [-0.1, -0.05) is 6.07 Å². The molecular weight excluding hydrogens is 252 g/mol. The maximum Gasteiger partial charge on any atom is 0.272 e. The minimum atomic E-state index is 0.334. The van der Waals surface area contributed by atoms with E-state index in [1.54, 1.807) is 0 Å². The smallest absolute Gasteiger partial charge is 0.272 e. The minimum Gasteiger partial charge on any atom is -0.376 e. The van der Waals surface area contributed by atoms with Gasteiger partial charge in [0, 0.05) is 14.1 Å². The van der Waals surface area contributed by atoms with E-state index >= 15 is 0 Å². The molecule has 0 N–H and O–H groups in total. The summed E-state index contributed by atoms with van der Waals surface area (Å²) in [7, 11) is 3.95. The largest absolute Gasteiger partial charge is 0.376 e. The quantitative estimate of drug-likeness (QED) is 0.803. The van der Waals surface area contributed by atoms with Crippen LogP contribution in [0.2, 0.25) is 0 Å². The minimum absolute atomic E-state index is 0.334. The molecule has 1 heterocycles. The van der Waals surface area contributed by atoms with E-state index in [-0.39, 0.29) is 0 Å². The van der Waals surface area contributed by atoms with Crippen molar-refractivity contribution in [3.05, 3.63) is 35.4 Å². The molecule has 2 aromatic rings. The topological polar surface area (TPSA) is 66.6 Å². The van der Waals surface area contributed by atoms with E-state index in [1.165, 1.54) is 0 Å². The van der Waals surface area contributed by atoms with Crippen molar-refractivity contribution in [3.63, 3.8) is 0 Å². The number of benzene rings is 1. The van der Waals surface area contributed by atoms with Crippen molar-refractivity contribution in [1.82, 2.24) is 15.0 Å². The third-order valence-corrected chi connectivity index (χ3v) is 2.71. The Kier molecular flexibility index (Phi) is 4.02. The summed E-state index contributed by atoms with van der Waals surface area (Å²) in [6.07, 6.45) is 0. The van der Waals surface area contributed by atoms with Crippen LogP contribution in [0.1, 0.15) is 17.2 Å². The zero-order chi connectivity index (χ0) is 14.7. The Hall–Kier alpha value is -2.37. The van der Waals surface area contributed by atoms with Gasteiger partial charge in [-0.25, -0.2) is 4.98 Å². The summed E-state index contributed by atoms with van der Waals surface area (Å²) < 4.78 is 0. The van der Waals surface area contributed by atoms with Crippen LogP contribution in [0.5, 0.6) is 0 Å². The maximum atomic E-state index is 4.27. The van der Waals surface area contributed by atoms with Crippen molar-refractivity contribution in [2.45, 2.75) is 20.8 Å². The van der Waals surface area contributed by atoms with E-state index < -0.39 is 0 Å². The van der Waals surface area contributed by atoms with Crippen molar-refractivity contribution in [2.24, 2.45) is 10.2 Å². The van der Waals surface area contributed by atoms with Crippen LogP contribution in [0.3, 0.4) is 0 Å². The first-order valence-electron chi connectivity index (χ1n) is 6.34. The molecule has 0 saturated heterocycles. The Morgan fingerprint density at radius 3 is 2.15 bits per heavy atom. The van der Waals surface area contributed by atoms with Gasteiger partial charge in [-0.2, -0.15) is 9.97 Å². The second kappa shape index (κ2) is 5.73. The number of azo groups is 1. The Labute approximate surface area is 118 Å². The molecule has 1 aromatic heterocycles. The van der Waals surface area contributed by atoms with Gasteiger partial charge in [-0.3, -0.25) is 0 Å². The van der Waals surface area contributed by atoms with Gasteiger partial charge >= 0.3 is 0 Å². The molecule has 104 valence electrons. The lowest BCUT2D eigenvalue weighted by molar-refractivity contribution is 0.902. The van der Waals surface area contributed by atoms with Gasteiger partial charge in [0.2, 0.25) is 0 Å². The molecule has 0 atom stereocenters. The molecule has 0 saturated carbocycles. The molecular formula is C14H18N6. The predicted molar refractivity (Wildman–Crippen MR) is 79.0 cm³/mol. The average Bonchev–Trinajstić information content (AvgIpc) is 2.35. The van der Waals surface area contributed by atoms with Crippen LogP contribution in [-0.2, 0) is 0 Å². The first-order chi connectivity index (χ1) is 9.45. The molecule has 0 aliphatic heterocycles. The second-order valence-corrected chi connectivity index (χ2v) is 4.82. The van der Waals surface area contributed by atoms with Crippen molar-refractivity contribution in [3.8, 4) is 0 Å². The Balaban J connectivity index is 2.37. The molecule has 0 aliphatic carbocycles. The number of hydrogen-bond donors (Lipinski definition) is 0. The highest BCUT2D eigenvalue weighted by Crippen LogP contribution is 2.29. The van der Waals surface area contributed by atoms with Crippen molar-refractivity contribution in [1.29, 1.82) is 0 Å². The zero-order valence-electron chi connectivity index (χ0n) is 12.4. The molecule has 2 rings (SSSR count). The summed E-state index contributed by atoms with van der Waals surface area (Å²) in [6.45, 7) is 5.65. The summed E-state index contributed by atoms with van der Waals surface area (Å²) in [5.41, 5.74) is 2.93. The van der Waals surface area contributed by atoms with E-state index in [2.05, 4.69) is 25.2 Å². The Morgan fingerprint density at radius 2 is 1.55 bits per heavy atom. The molecule has 6 nitrogen and oxygen atoms in total. The monoisotopic (exact) mass is 270 g/mol. The van der Waals surface area contributed by atoms with Crippen LogP contribution in [0.25, 0.3) is 0 Å². The molecule has 0 spiro atoms. The van der Waals surface area contributed by atoms with Crippen LogP contribution >= 0.6 is 0 Å². The number of anilines is 1. The Morgan fingerprint density at radius 1 is 0.900 bits per heavy atom. The predicted octanol–water partition coefficient (Wildman–Crippen LogP) is 3.28. The molecule has 0 bridgehead atoms. The van der Waals surface area contributed by atoms with E-state index in [4.69, 9.17) is 0 Å². The lowest BCUT2D eigenvalue weighted by atomic mass is 10.2. The van der Waals surface area contributed by atoms with Gasteiger partial charge in [0.05, 0.1) is 5.69 Å². The molecule has 0 fully saturated rings.